The fourth-order valence-corrected chi connectivity index (χ4v) is 3.84. The van der Waals surface area contributed by atoms with Crippen LogP contribution in [0.3, 0.4) is 0 Å². The van der Waals surface area contributed by atoms with E-state index >= 15 is 0 Å². The van der Waals surface area contributed by atoms with Crippen molar-refractivity contribution in [2.75, 3.05) is 5.32 Å². The number of esters is 3. The molecule has 1 aliphatic rings. The number of benzene rings is 1. The van der Waals surface area contributed by atoms with Crippen molar-refractivity contribution in [3.63, 3.8) is 0 Å². The lowest BCUT2D eigenvalue weighted by atomic mass is 10.2. The first-order chi connectivity index (χ1) is 18.1. The Hall–Kier alpha value is -4.59. The molecule has 3 heterocycles. The molecule has 0 saturated carbocycles. The van der Waals surface area contributed by atoms with Crippen molar-refractivity contribution in [3.8, 4) is 5.88 Å². The molecule has 38 heavy (non-hydrogen) atoms. The number of carbonyl (C=O) groups excluding carboxylic acids is 4. The normalized spacial score (nSPS) is 20.5. The number of fused-ring (bicyclic) bond motifs is 1. The van der Waals surface area contributed by atoms with Crippen LogP contribution in [0, 0.1) is 0 Å². The van der Waals surface area contributed by atoms with Gasteiger partial charge in [-0.05, 0) is 5.56 Å². The number of hydrogen-bond donors (Lipinski definition) is 1. The predicted molar refractivity (Wildman–Crippen MR) is 127 cm³/mol. The highest BCUT2D eigenvalue weighted by Crippen LogP contribution is 2.37. The van der Waals surface area contributed by atoms with E-state index in [0.29, 0.717) is 0 Å². The maximum atomic E-state index is 11.9. The second-order valence-electron chi connectivity index (χ2n) is 8.28. The number of rotatable bonds is 8. The van der Waals surface area contributed by atoms with Gasteiger partial charge < -0.3 is 23.7 Å². The second kappa shape index (κ2) is 11.2. The van der Waals surface area contributed by atoms with Gasteiger partial charge in [0.2, 0.25) is 30.1 Å². The Labute approximate surface area is 216 Å². The van der Waals surface area contributed by atoms with E-state index in [2.05, 4.69) is 20.3 Å². The molecule has 0 spiro atoms. The van der Waals surface area contributed by atoms with Crippen LogP contribution in [0.25, 0.3) is 11.2 Å². The molecule has 0 aliphatic carbocycles. The first kappa shape index (κ1) is 26.5. The Morgan fingerprint density at radius 3 is 2.21 bits per heavy atom. The molecule has 1 saturated heterocycles. The van der Waals surface area contributed by atoms with Crippen LogP contribution in [0.15, 0.2) is 36.7 Å². The van der Waals surface area contributed by atoms with Crippen LogP contribution in [-0.2, 0) is 44.7 Å². The minimum Gasteiger partial charge on any atom is -0.471 e. The fourth-order valence-electron chi connectivity index (χ4n) is 3.84. The van der Waals surface area contributed by atoms with Gasteiger partial charge in [0.05, 0.1) is 6.33 Å². The minimum absolute atomic E-state index is 0.0662. The van der Waals surface area contributed by atoms with Gasteiger partial charge >= 0.3 is 17.9 Å². The van der Waals surface area contributed by atoms with E-state index in [1.165, 1.54) is 24.7 Å². The number of nitrogens with one attached hydrogen (secondary N) is 1. The summed E-state index contributed by atoms with van der Waals surface area (Å²) in [5.41, 5.74) is 1.21. The van der Waals surface area contributed by atoms with Crippen LogP contribution < -0.4 is 10.1 Å². The Morgan fingerprint density at radius 2 is 1.58 bits per heavy atom. The zero-order valence-corrected chi connectivity index (χ0v) is 20.9. The molecule has 0 bridgehead atoms. The number of amides is 1. The number of ether oxygens (including phenoxy) is 5. The highest BCUT2D eigenvalue weighted by Gasteiger charge is 2.52. The summed E-state index contributed by atoms with van der Waals surface area (Å²) in [4.78, 5) is 60.2. The average Bonchev–Trinajstić information content (AvgIpc) is 3.38. The van der Waals surface area contributed by atoms with Crippen LogP contribution in [-0.4, -0.2) is 61.8 Å². The summed E-state index contributed by atoms with van der Waals surface area (Å²) in [7, 11) is 0. The van der Waals surface area contributed by atoms with E-state index in [4.69, 9.17) is 23.7 Å². The number of imidazole rings is 1. The molecule has 4 rings (SSSR count). The average molecular weight is 527 g/mol. The van der Waals surface area contributed by atoms with Gasteiger partial charge in [0.1, 0.15) is 6.61 Å². The van der Waals surface area contributed by atoms with Gasteiger partial charge in [-0.2, -0.15) is 9.97 Å². The van der Waals surface area contributed by atoms with Crippen LogP contribution in [0.2, 0.25) is 0 Å². The maximum absolute atomic E-state index is 11.9. The first-order valence-electron chi connectivity index (χ1n) is 11.5. The smallest absolute Gasteiger partial charge is 0.305 e. The van der Waals surface area contributed by atoms with Gasteiger partial charge in [-0.15, -0.1) is 0 Å². The molecular formula is C24H25N5O9. The van der Waals surface area contributed by atoms with Gasteiger partial charge in [0, 0.05) is 27.7 Å². The molecule has 3 aromatic rings. The number of anilines is 1. The van der Waals surface area contributed by atoms with E-state index in [1.807, 2.05) is 30.3 Å². The fraction of sp³-hybridized carbons (Fsp3) is 0.375. The second-order valence-corrected chi connectivity index (χ2v) is 8.28. The van der Waals surface area contributed by atoms with Crippen molar-refractivity contribution in [3.05, 3.63) is 42.2 Å². The van der Waals surface area contributed by atoms with Crippen molar-refractivity contribution in [2.45, 2.75) is 59.0 Å². The van der Waals surface area contributed by atoms with E-state index < -0.39 is 48.5 Å². The van der Waals surface area contributed by atoms with Crippen molar-refractivity contribution < 1.29 is 42.9 Å². The molecule has 1 N–H and O–H groups in total. The van der Waals surface area contributed by atoms with Crippen molar-refractivity contribution in [1.29, 1.82) is 0 Å². The molecular weight excluding hydrogens is 502 g/mol. The summed E-state index contributed by atoms with van der Waals surface area (Å²) in [5.74, 6) is -2.56. The zero-order chi connectivity index (χ0) is 27.4. The summed E-state index contributed by atoms with van der Waals surface area (Å²) >= 11 is 0. The summed E-state index contributed by atoms with van der Waals surface area (Å²) in [6.45, 7) is 4.91. The lowest BCUT2D eigenvalue weighted by Crippen LogP contribution is -2.40. The van der Waals surface area contributed by atoms with Crippen molar-refractivity contribution in [2.24, 2.45) is 0 Å². The van der Waals surface area contributed by atoms with Crippen molar-refractivity contribution >= 4 is 40.9 Å². The quantitative estimate of drug-likeness (QED) is 0.332. The molecule has 4 unspecified atom stereocenters. The Bertz CT molecular complexity index is 1360. The monoisotopic (exact) mass is 527 g/mol. The molecule has 1 amide bonds. The third-order valence-electron chi connectivity index (χ3n) is 5.20. The van der Waals surface area contributed by atoms with Crippen LogP contribution in [0.5, 0.6) is 5.88 Å². The summed E-state index contributed by atoms with van der Waals surface area (Å²) < 4.78 is 29.1. The molecule has 200 valence electrons. The maximum Gasteiger partial charge on any atom is 0.305 e. The van der Waals surface area contributed by atoms with Gasteiger partial charge in [0.25, 0.3) is 0 Å². The van der Waals surface area contributed by atoms with Gasteiger partial charge in [-0.1, -0.05) is 30.3 Å². The van der Waals surface area contributed by atoms with Crippen molar-refractivity contribution in [1.82, 2.24) is 19.5 Å². The number of nitrogens with zero attached hydrogens (tertiary/aromatic N) is 4. The topological polar surface area (TPSA) is 170 Å². The third-order valence-corrected chi connectivity index (χ3v) is 5.20. The summed E-state index contributed by atoms with van der Waals surface area (Å²) in [6, 6.07) is 9.32. The Morgan fingerprint density at radius 1 is 0.921 bits per heavy atom. The van der Waals surface area contributed by atoms with E-state index in [9.17, 15) is 19.2 Å². The molecule has 1 fully saturated rings. The Kier molecular flexibility index (Phi) is 7.81. The van der Waals surface area contributed by atoms with Gasteiger partial charge in [0.15, 0.2) is 23.5 Å². The largest absolute Gasteiger partial charge is 0.471 e. The third kappa shape index (κ3) is 6.03. The first-order valence-corrected chi connectivity index (χ1v) is 11.5. The van der Waals surface area contributed by atoms with Crippen LogP contribution in [0.4, 0.5) is 5.95 Å². The van der Waals surface area contributed by atoms with Gasteiger partial charge in [-0.3, -0.25) is 29.1 Å². The molecule has 1 aromatic carbocycles. The summed E-state index contributed by atoms with van der Waals surface area (Å²) in [5, 5.41) is 2.51. The minimum atomic E-state index is -1.39. The molecule has 1 aliphatic heterocycles. The van der Waals surface area contributed by atoms with E-state index in [-0.39, 0.29) is 29.6 Å². The van der Waals surface area contributed by atoms with Crippen LogP contribution >= 0.6 is 0 Å². The molecule has 14 heteroatoms. The zero-order valence-electron chi connectivity index (χ0n) is 20.9. The Balaban J connectivity index is 1.77. The number of hydrogen-bond acceptors (Lipinski definition) is 12. The SMILES string of the molecule is CC(=O)Nc1nc(OCc2ccccc2)c2ncn(C3OC(OC(C)=O)C(OC(C)=O)C3OC(C)=O)c2n1. The highest BCUT2D eigenvalue weighted by atomic mass is 16.8. The van der Waals surface area contributed by atoms with Crippen LogP contribution in [0.1, 0.15) is 39.5 Å². The lowest BCUT2D eigenvalue weighted by Gasteiger charge is -2.23. The highest BCUT2D eigenvalue weighted by molar-refractivity contribution is 5.88. The number of carbonyl (C=O) groups is 4. The molecule has 2 aromatic heterocycles. The predicted octanol–water partition coefficient (Wildman–Crippen LogP) is 1.65. The molecule has 14 nitrogen and oxygen atoms in total. The standard InChI is InChI=1S/C24H25N5O9/c1-12(30)26-24-27-20-17(21(28-24)34-10-16-8-6-5-7-9-16)25-11-29(20)22-18(35-13(2)31)19(36-14(3)32)23(38-22)37-15(4)33/h5-9,11,18-19,22-23H,10H2,1-4H3,(H,26,27,28,30). The number of aromatic nitrogens is 4. The molecule has 4 atom stereocenters. The van der Waals surface area contributed by atoms with Gasteiger partial charge in [-0.25, -0.2) is 4.98 Å². The molecule has 0 radical (unpaired) electrons. The lowest BCUT2D eigenvalue weighted by molar-refractivity contribution is -0.198. The summed E-state index contributed by atoms with van der Waals surface area (Å²) in [6.07, 6.45) is -3.79. The van der Waals surface area contributed by atoms with E-state index in [0.717, 1.165) is 19.4 Å². The van der Waals surface area contributed by atoms with E-state index in [1.54, 1.807) is 0 Å².